The molecule has 2 aromatic rings. The molecule has 0 saturated carbocycles. The minimum Gasteiger partial charge on any atom is -0.508 e. The Morgan fingerprint density at radius 1 is 0.750 bits per heavy atom. The number of phenolic OH excluding ortho intramolecular Hbond substituents is 2. The topological polar surface area (TPSA) is 65.2 Å². The zero-order valence-electron chi connectivity index (χ0n) is 8.41. The van der Waals surface area contributed by atoms with Crippen molar-refractivity contribution in [1.82, 2.24) is 0 Å². The van der Waals surface area contributed by atoms with E-state index in [4.69, 9.17) is 5.11 Å². The Morgan fingerprint density at radius 2 is 1.44 bits per heavy atom. The minimum absolute atomic E-state index is 0.0880. The van der Waals surface area contributed by atoms with Gasteiger partial charge in [-0.05, 0) is 36.4 Å². The van der Waals surface area contributed by atoms with E-state index in [2.05, 4.69) is 10.2 Å². The van der Waals surface area contributed by atoms with Gasteiger partial charge in [0.25, 0.3) is 0 Å². The smallest absolute Gasteiger partial charge is 0.143 e. The molecule has 0 heterocycles. The predicted molar refractivity (Wildman–Crippen MR) is 60.4 cm³/mol. The summed E-state index contributed by atoms with van der Waals surface area (Å²) >= 11 is 0. The van der Waals surface area contributed by atoms with E-state index in [0.29, 0.717) is 11.4 Å². The highest BCUT2D eigenvalue weighted by Crippen LogP contribution is 2.27. The standard InChI is InChI=1S/C12H10N2O2/c15-10-7-5-9(6-8-10)13-14-11-3-1-2-4-12(11)16/h1-8,15-16H. The molecule has 0 unspecified atom stereocenters. The maximum absolute atomic E-state index is 9.44. The van der Waals surface area contributed by atoms with Gasteiger partial charge in [0.1, 0.15) is 17.2 Å². The lowest BCUT2D eigenvalue weighted by atomic mass is 10.3. The van der Waals surface area contributed by atoms with Gasteiger partial charge in [-0.25, -0.2) is 0 Å². The molecule has 0 aliphatic rings. The lowest BCUT2D eigenvalue weighted by Crippen LogP contribution is -1.67. The third-order valence-corrected chi connectivity index (χ3v) is 2.00. The number of aromatic hydroxyl groups is 2. The van der Waals surface area contributed by atoms with Gasteiger partial charge in [-0.2, -0.15) is 5.11 Å². The second-order valence-electron chi connectivity index (χ2n) is 3.21. The number of phenols is 2. The van der Waals surface area contributed by atoms with Gasteiger partial charge >= 0.3 is 0 Å². The molecule has 0 aliphatic carbocycles. The monoisotopic (exact) mass is 214 g/mol. The Balaban J connectivity index is 2.21. The van der Waals surface area contributed by atoms with Crippen LogP contribution in [0.4, 0.5) is 11.4 Å². The average Bonchev–Trinajstić information content (AvgIpc) is 2.30. The largest absolute Gasteiger partial charge is 0.508 e. The summed E-state index contributed by atoms with van der Waals surface area (Å²) in [6.07, 6.45) is 0. The van der Waals surface area contributed by atoms with Crippen LogP contribution in [0, 0.1) is 0 Å². The lowest BCUT2D eigenvalue weighted by molar-refractivity contribution is 0.475. The van der Waals surface area contributed by atoms with Crippen molar-refractivity contribution in [2.75, 3.05) is 0 Å². The molecule has 2 rings (SSSR count). The van der Waals surface area contributed by atoms with Crippen LogP contribution in [0.1, 0.15) is 0 Å². The second-order valence-corrected chi connectivity index (χ2v) is 3.21. The first kappa shape index (κ1) is 10.2. The summed E-state index contributed by atoms with van der Waals surface area (Å²) < 4.78 is 0. The van der Waals surface area contributed by atoms with Gasteiger partial charge in [0.05, 0.1) is 5.69 Å². The summed E-state index contributed by atoms with van der Waals surface area (Å²) in [6.45, 7) is 0. The first-order chi connectivity index (χ1) is 7.75. The van der Waals surface area contributed by atoms with Crippen LogP contribution in [0.2, 0.25) is 0 Å². The number of hydrogen-bond donors (Lipinski definition) is 2. The normalized spacial score (nSPS) is 10.8. The fourth-order valence-corrected chi connectivity index (χ4v) is 1.18. The number of rotatable bonds is 2. The van der Waals surface area contributed by atoms with Gasteiger partial charge in [-0.15, -0.1) is 5.11 Å². The molecule has 4 nitrogen and oxygen atoms in total. The van der Waals surface area contributed by atoms with Gasteiger partial charge in [0.15, 0.2) is 0 Å². The zero-order chi connectivity index (χ0) is 11.4. The lowest BCUT2D eigenvalue weighted by Gasteiger charge is -1.96. The second kappa shape index (κ2) is 4.44. The molecule has 0 aromatic heterocycles. The fourth-order valence-electron chi connectivity index (χ4n) is 1.18. The van der Waals surface area contributed by atoms with Crippen LogP contribution >= 0.6 is 0 Å². The van der Waals surface area contributed by atoms with E-state index in [-0.39, 0.29) is 11.5 Å². The van der Waals surface area contributed by atoms with Crippen molar-refractivity contribution in [3.05, 3.63) is 48.5 Å². The van der Waals surface area contributed by atoms with E-state index < -0.39 is 0 Å². The number of para-hydroxylation sites is 1. The van der Waals surface area contributed by atoms with Gasteiger partial charge < -0.3 is 10.2 Å². The Kier molecular flexibility index (Phi) is 2.82. The van der Waals surface area contributed by atoms with Crippen LogP contribution in [0.15, 0.2) is 58.8 Å². The van der Waals surface area contributed by atoms with Crippen molar-refractivity contribution in [2.24, 2.45) is 10.2 Å². The van der Waals surface area contributed by atoms with Crippen LogP contribution in [0.25, 0.3) is 0 Å². The molecule has 0 fully saturated rings. The van der Waals surface area contributed by atoms with Crippen molar-refractivity contribution >= 4 is 11.4 Å². The number of azo groups is 1. The quantitative estimate of drug-likeness (QED) is 0.751. The van der Waals surface area contributed by atoms with Gasteiger partial charge in [0.2, 0.25) is 0 Å². The Morgan fingerprint density at radius 3 is 2.12 bits per heavy atom. The van der Waals surface area contributed by atoms with Crippen LogP contribution in [-0.2, 0) is 0 Å². The molecule has 16 heavy (non-hydrogen) atoms. The highest BCUT2D eigenvalue weighted by atomic mass is 16.3. The highest BCUT2D eigenvalue weighted by Gasteiger charge is 1.96. The third kappa shape index (κ3) is 2.36. The van der Waals surface area contributed by atoms with Crippen LogP contribution < -0.4 is 0 Å². The van der Waals surface area contributed by atoms with Crippen molar-refractivity contribution in [1.29, 1.82) is 0 Å². The number of nitrogens with zero attached hydrogens (tertiary/aromatic N) is 2. The molecule has 0 bridgehead atoms. The zero-order valence-corrected chi connectivity index (χ0v) is 8.41. The SMILES string of the molecule is Oc1ccc(N=Nc2ccccc2O)cc1. The Bertz CT molecular complexity index is 507. The number of hydrogen-bond acceptors (Lipinski definition) is 4. The maximum Gasteiger partial charge on any atom is 0.143 e. The molecule has 0 atom stereocenters. The highest BCUT2D eigenvalue weighted by molar-refractivity contribution is 5.50. The summed E-state index contributed by atoms with van der Waals surface area (Å²) in [7, 11) is 0. The molecule has 0 radical (unpaired) electrons. The van der Waals surface area contributed by atoms with E-state index in [9.17, 15) is 5.11 Å². The van der Waals surface area contributed by atoms with Crippen molar-refractivity contribution in [3.63, 3.8) is 0 Å². The summed E-state index contributed by atoms with van der Waals surface area (Å²) in [6, 6.07) is 13.0. The molecular weight excluding hydrogens is 204 g/mol. The van der Waals surface area contributed by atoms with E-state index in [0.717, 1.165) is 0 Å². The average molecular weight is 214 g/mol. The molecule has 4 heteroatoms. The van der Waals surface area contributed by atoms with Gasteiger partial charge in [-0.1, -0.05) is 12.1 Å². The number of benzene rings is 2. The molecule has 0 spiro atoms. The van der Waals surface area contributed by atoms with Gasteiger partial charge in [0, 0.05) is 0 Å². The summed E-state index contributed by atoms with van der Waals surface area (Å²) in [5.74, 6) is 0.270. The Hall–Kier alpha value is -2.36. The molecule has 0 aliphatic heterocycles. The molecule has 2 aromatic carbocycles. The van der Waals surface area contributed by atoms with E-state index >= 15 is 0 Å². The first-order valence-corrected chi connectivity index (χ1v) is 4.74. The first-order valence-electron chi connectivity index (χ1n) is 4.74. The van der Waals surface area contributed by atoms with E-state index in [1.165, 1.54) is 12.1 Å². The van der Waals surface area contributed by atoms with Crippen molar-refractivity contribution in [3.8, 4) is 11.5 Å². The Labute approximate surface area is 92.5 Å². The summed E-state index contributed by atoms with van der Waals surface area (Å²) in [5.41, 5.74) is 1.02. The van der Waals surface area contributed by atoms with Crippen molar-refractivity contribution < 1.29 is 10.2 Å². The van der Waals surface area contributed by atoms with E-state index in [1.54, 1.807) is 36.4 Å². The molecule has 0 amide bonds. The predicted octanol–water partition coefficient (Wildman–Crippen LogP) is 3.51. The molecule has 2 N–H and O–H groups in total. The molecule has 80 valence electrons. The third-order valence-electron chi connectivity index (χ3n) is 2.00. The van der Waals surface area contributed by atoms with Crippen LogP contribution in [-0.4, -0.2) is 10.2 Å². The maximum atomic E-state index is 9.44. The molecule has 0 saturated heterocycles. The minimum atomic E-state index is 0.0880. The van der Waals surface area contributed by atoms with E-state index in [1.807, 2.05) is 0 Å². The van der Waals surface area contributed by atoms with Crippen LogP contribution in [0.5, 0.6) is 11.5 Å². The summed E-state index contributed by atoms with van der Waals surface area (Å²) in [4.78, 5) is 0. The van der Waals surface area contributed by atoms with Crippen LogP contribution in [0.3, 0.4) is 0 Å². The van der Waals surface area contributed by atoms with Gasteiger partial charge in [-0.3, -0.25) is 0 Å². The van der Waals surface area contributed by atoms with Crippen molar-refractivity contribution in [2.45, 2.75) is 0 Å². The summed E-state index contributed by atoms with van der Waals surface area (Å²) in [5, 5.41) is 26.3. The fraction of sp³-hybridized carbons (Fsp3) is 0. The molecular formula is C12H10N2O2.